The molecule has 12 rings (SSSR count). The summed E-state index contributed by atoms with van der Waals surface area (Å²) in [6, 6.07) is 0. The summed E-state index contributed by atoms with van der Waals surface area (Å²) in [6.07, 6.45) is 18.5. The molecular weight excluding hydrogens is 1050 g/mol. The Morgan fingerprint density at radius 1 is 0.439 bits per heavy atom. The second-order valence-electron chi connectivity index (χ2n) is 33.0. The third kappa shape index (κ3) is 8.17. The van der Waals surface area contributed by atoms with Crippen molar-refractivity contribution in [2.24, 2.45) is 100 Å². The number of hydrogen-bond donors (Lipinski definition) is 0. The fourth-order valence-corrected chi connectivity index (χ4v) is 23.4. The Morgan fingerprint density at radius 2 is 0.768 bits per heavy atom. The van der Waals surface area contributed by atoms with E-state index in [-0.39, 0.29) is 199 Å². The molecule has 0 N–H and O–H groups in total. The van der Waals surface area contributed by atoms with Gasteiger partial charge in [0.25, 0.3) is 0 Å². The Kier molecular flexibility index (Phi) is 15.6. The van der Waals surface area contributed by atoms with E-state index in [0.717, 1.165) is 64.2 Å². The molecule has 18 atom stereocenters. The standard InChI is InChI=1S/2C34H48O6.2Na/c2*1-28(2)23-10-11-33(7)26(31(23,5)15-17-34(28)24(36)8-9-25(37)40-34)22(35)18-20-21-19-30(4,27(38)39)13-12-29(21,3)14-16-32(20,33)6;;/h2*18,21,23,26H,8-17,19H2,1-7H3,(H,38,39);;/q;;2*+1/p-2/t2*21-,23?,26?,29-,30+,31+,32-,33-,34-;;/m11../s1. The third-order valence-electron chi connectivity index (χ3n) is 29.1. The van der Waals surface area contributed by atoms with Gasteiger partial charge >= 0.3 is 71.1 Å². The molecule has 0 aromatic heterocycles. The van der Waals surface area contributed by atoms with Crippen molar-refractivity contribution in [2.45, 2.75) is 249 Å². The summed E-state index contributed by atoms with van der Waals surface area (Å²) < 4.78 is 12.0. The Hall–Kier alpha value is -1.96. The summed E-state index contributed by atoms with van der Waals surface area (Å²) in [6.45, 7) is 30.6. The summed E-state index contributed by atoms with van der Waals surface area (Å²) in [5.41, 5.74) is -4.39. The number of aliphatic carboxylic acids is 2. The number of carboxylic acids is 2. The van der Waals surface area contributed by atoms with Gasteiger partial charge in [0, 0.05) is 58.3 Å². The van der Waals surface area contributed by atoms with E-state index < -0.39 is 44.8 Å². The van der Waals surface area contributed by atoms with Crippen molar-refractivity contribution in [3.05, 3.63) is 23.3 Å². The smallest absolute Gasteiger partial charge is 0.550 e. The van der Waals surface area contributed by atoms with Crippen LogP contribution in [0, 0.1) is 100 Å². The molecule has 82 heavy (non-hydrogen) atoms. The first-order valence-corrected chi connectivity index (χ1v) is 31.3. The van der Waals surface area contributed by atoms with Crippen LogP contribution in [0.2, 0.25) is 0 Å². The van der Waals surface area contributed by atoms with Gasteiger partial charge in [0.15, 0.2) is 34.3 Å². The van der Waals surface area contributed by atoms with Crippen LogP contribution in [0.3, 0.4) is 0 Å². The molecule has 0 amide bonds. The monoisotopic (exact) mass is 1150 g/mol. The maximum absolute atomic E-state index is 14.5. The molecule has 2 heterocycles. The zero-order valence-corrected chi connectivity index (χ0v) is 57.1. The molecule has 14 heteroatoms. The normalized spacial score (nSPS) is 50.3. The molecule has 12 nitrogen and oxygen atoms in total. The molecule has 10 aliphatic carbocycles. The number of Topliss-reactive ketones (excluding diaryl/α,β-unsaturated/α-hetero) is 2. The van der Waals surface area contributed by atoms with Crippen LogP contribution in [0.1, 0.15) is 238 Å². The maximum atomic E-state index is 14.5. The average molecular weight is 1150 g/mol. The van der Waals surface area contributed by atoms with Crippen LogP contribution < -0.4 is 69.3 Å². The van der Waals surface area contributed by atoms with Gasteiger partial charge in [-0.2, -0.15) is 0 Å². The molecular formula is C68H94Na2O12. The minimum atomic E-state index is -1.10. The Bertz CT molecular complexity index is 2700. The molecule has 2 saturated heterocycles. The van der Waals surface area contributed by atoms with Crippen LogP contribution in [0.4, 0.5) is 0 Å². The number of allylic oxidation sites excluding steroid dienone is 4. The topological polar surface area (TPSA) is 201 Å². The van der Waals surface area contributed by atoms with Crippen LogP contribution in [0.5, 0.6) is 0 Å². The van der Waals surface area contributed by atoms with Crippen molar-refractivity contribution in [1.82, 2.24) is 0 Å². The second kappa shape index (κ2) is 19.8. The summed E-state index contributed by atoms with van der Waals surface area (Å²) in [7, 11) is 0. The molecule has 0 bridgehead atoms. The minimum Gasteiger partial charge on any atom is -0.550 e. The van der Waals surface area contributed by atoms with Crippen LogP contribution in [-0.4, -0.2) is 58.2 Å². The number of fused-ring (bicyclic) bond motifs is 14. The Morgan fingerprint density at radius 3 is 1.10 bits per heavy atom. The number of esters is 2. The van der Waals surface area contributed by atoms with Gasteiger partial charge in [-0.15, -0.1) is 0 Å². The van der Waals surface area contributed by atoms with Crippen LogP contribution >= 0.6 is 0 Å². The summed E-state index contributed by atoms with van der Waals surface area (Å²) in [4.78, 5) is 105. The number of ether oxygens (including phenoxy) is 2. The van der Waals surface area contributed by atoms with Crippen molar-refractivity contribution in [2.75, 3.05) is 0 Å². The van der Waals surface area contributed by atoms with Gasteiger partial charge in [0.1, 0.15) is 0 Å². The Balaban J connectivity index is 0.000000193. The first kappa shape index (κ1) is 64.5. The predicted molar refractivity (Wildman–Crippen MR) is 295 cm³/mol. The maximum Gasteiger partial charge on any atom is 1.00 e. The fraction of sp³-hybridized carbons (Fsp3) is 0.824. The quantitative estimate of drug-likeness (QED) is 0.272. The van der Waals surface area contributed by atoms with Crippen molar-refractivity contribution in [1.29, 1.82) is 0 Å². The van der Waals surface area contributed by atoms with E-state index in [9.17, 15) is 48.6 Å². The molecule has 12 aliphatic rings. The van der Waals surface area contributed by atoms with E-state index in [1.54, 1.807) is 0 Å². The SMILES string of the molecule is CC1(C)C2CC[C@]3(C)C(C(=O)C=C4[C@H]5C[C@@](C)(C(=O)[O-])CC[C@]5(C)CC[C@]43C)[C@@]2(C)CC[C@]12OC(=O)CCC2=O.CC1(C)C2CC[C@]3(C)C(C(=O)C=C4[C@H]5C[C@@](C)(C(=O)[O-])CC[C@]5(C)CC[C@]43C)[C@@]2(C)CC[C@]12OC(=O)CCC2=O.[Na+].[Na+]. The molecule has 4 unspecified atom stereocenters. The third-order valence-corrected chi connectivity index (χ3v) is 29.1. The predicted octanol–water partition coefficient (Wildman–Crippen LogP) is 4.73. The fourth-order valence-electron chi connectivity index (χ4n) is 23.4. The molecule has 0 aromatic carbocycles. The minimum absolute atomic E-state index is 0. The molecule has 2 aliphatic heterocycles. The molecule has 2 spiro atoms. The molecule has 8 saturated carbocycles. The van der Waals surface area contributed by atoms with E-state index in [1.807, 2.05) is 26.0 Å². The van der Waals surface area contributed by atoms with Crippen molar-refractivity contribution in [3.8, 4) is 0 Å². The molecule has 0 aromatic rings. The first-order chi connectivity index (χ1) is 36.8. The van der Waals surface area contributed by atoms with E-state index in [0.29, 0.717) is 51.4 Å². The number of carbonyl (C=O) groups is 8. The zero-order valence-electron chi connectivity index (χ0n) is 53.1. The molecule has 10 fully saturated rings. The number of hydrogen-bond acceptors (Lipinski definition) is 12. The number of ketones is 4. The number of carboxylic acid groups (broad SMARTS) is 2. The van der Waals surface area contributed by atoms with E-state index in [1.165, 1.54) is 11.1 Å². The van der Waals surface area contributed by atoms with Gasteiger partial charge in [-0.1, -0.05) is 108 Å². The largest absolute Gasteiger partial charge is 1.00 e. The average Bonchev–Trinajstić information content (AvgIpc) is 0.886. The number of carbonyl (C=O) groups excluding carboxylic acids is 8. The van der Waals surface area contributed by atoms with Gasteiger partial charge in [-0.25, -0.2) is 0 Å². The first-order valence-electron chi connectivity index (χ1n) is 31.3. The van der Waals surface area contributed by atoms with Crippen molar-refractivity contribution in [3.63, 3.8) is 0 Å². The van der Waals surface area contributed by atoms with Gasteiger partial charge < -0.3 is 29.3 Å². The van der Waals surface area contributed by atoms with Crippen LogP contribution in [-0.2, 0) is 47.8 Å². The summed E-state index contributed by atoms with van der Waals surface area (Å²) in [5.74, 6) is -2.25. The van der Waals surface area contributed by atoms with Gasteiger partial charge in [-0.3, -0.25) is 28.8 Å². The van der Waals surface area contributed by atoms with Gasteiger partial charge in [0.2, 0.25) is 0 Å². The van der Waals surface area contributed by atoms with Crippen LogP contribution in [0.15, 0.2) is 23.3 Å². The van der Waals surface area contributed by atoms with Gasteiger partial charge in [-0.05, 0) is 195 Å². The second-order valence-corrected chi connectivity index (χ2v) is 33.0. The van der Waals surface area contributed by atoms with Crippen molar-refractivity contribution >= 4 is 47.0 Å². The van der Waals surface area contributed by atoms with Crippen LogP contribution in [0.25, 0.3) is 0 Å². The number of rotatable bonds is 2. The zero-order chi connectivity index (χ0) is 58.6. The molecule has 0 radical (unpaired) electrons. The summed E-state index contributed by atoms with van der Waals surface area (Å²) >= 11 is 0. The molecule has 440 valence electrons. The Labute approximate surface area is 533 Å². The van der Waals surface area contributed by atoms with Crippen molar-refractivity contribution < 1.29 is 117 Å². The van der Waals surface area contributed by atoms with E-state index in [2.05, 4.69) is 83.1 Å². The van der Waals surface area contributed by atoms with Gasteiger partial charge in [0.05, 0.1) is 12.8 Å². The summed E-state index contributed by atoms with van der Waals surface area (Å²) in [5, 5.41) is 24.5. The van der Waals surface area contributed by atoms with E-state index in [4.69, 9.17) is 9.47 Å². The van der Waals surface area contributed by atoms with E-state index >= 15 is 0 Å².